The quantitative estimate of drug-likeness (QED) is 0.0619. The second-order valence-corrected chi connectivity index (χ2v) is 14.7. The Labute approximate surface area is 309 Å². The van der Waals surface area contributed by atoms with Crippen LogP contribution < -0.4 is 4.74 Å². The Morgan fingerprint density at radius 2 is 1.77 bits per heavy atom. The summed E-state index contributed by atoms with van der Waals surface area (Å²) in [5.74, 6) is 0.832. The molecule has 13 heteroatoms. The molecule has 284 valence electrons. The lowest BCUT2D eigenvalue weighted by Crippen LogP contribution is -2.53. The zero-order valence-electron chi connectivity index (χ0n) is 29.7. The van der Waals surface area contributed by atoms with Crippen LogP contribution in [0.1, 0.15) is 55.2 Å². The van der Waals surface area contributed by atoms with Crippen molar-refractivity contribution in [1.29, 1.82) is 0 Å². The number of pyridine rings is 1. The smallest absolute Gasteiger partial charge is 0.254 e. The van der Waals surface area contributed by atoms with Crippen LogP contribution in [-0.4, -0.2) is 122 Å². The molecule has 2 aromatic carbocycles. The summed E-state index contributed by atoms with van der Waals surface area (Å²) < 4.78 is 18.3. The number of hydrogen-bond acceptors (Lipinski definition) is 12. The van der Waals surface area contributed by atoms with Crippen molar-refractivity contribution in [3.05, 3.63) is 77.6 Å². The van der Waals surface area contributed by atoms with Crippen LogP contribution in [0.4, 0.5) is 0 Å². The summed E-state index contributed by atoms with van der Waals surface area (Å²) in [6.07, 6.45) is 1.78. The number of aryl methyl sites for hydroxylation is 1. The fourth-order valence-corrected chi connectivity index (χ4v) is 6.96. The van der Waals surface area contributed by atoms with Gasteiger partial charge in [-0.2, -0.15) is 0 Å². The highest BCUT2D eigenvalue weighted by Crippen LogP contribution is 2.53. The lowest BCUT2D eigenvalue weighted by molar-refractivity contribution is -0.159. The number of rotatable bonds is 23. The number of aliphatic hydroxyl groups excluding tert-OH is 6. The van der Waals surface area contributed by atoms with E-state index in [4.69, 9.17) is 24.4 Å². The van der Waals surface area contributed by atoms with Gasteiger partial charge in [0.25, 0.3) is 5.91 Å². The summed E-state index contributed by atoms with van der Waals surface area (Å²) in [5.41, 5.74) is 5.08. The predicted octanol–water partition coefficient (Wildman–Crippen LogP) is 2.95. The minimum atomic E-state index is -2.01. The molecule has 52 heavy (non-hydrogen) atoms. The number of ether oxygens (including phenoxy) is 3. The summed E-state index contributed by atoms with van der Waals surface area (Å²) >= 11 is 1.70. The number of aromatic nitrogens is 1. The maximum atomic E-state index is 13.0. The SMILES string of the molecule is Cc1ccc(SCCCCN(CCOCCO)C(=O)C(O)C(O)C(O)C(O)CO)cc1COC1(c2cnccc2-c2ccccc2OC2CC2)CC1. The molecule has 2 fully saturated rings. The van der Waals surface area contributed by atoms with Gasteiger partial charge < -0.3 is 49.7 Å². The highest BCUT2D eigenvalue weighted by atomic mass is 32.2. The van der Waals surface area contributed by atoms with Crippen LogP contribution in [0.15, 0.2) is 65.8 Å². The van der Waals surface area contributed by atoms with Crippen LogP contribution >= 0.6 is 11.8 Å². The zero-order chi connectivity index (χ0) is 37.1. The zero-order valence-corrected chi connectivity index (χ0v) is 30.5. The molecule has 2 saturated carbocycles. The monoisotopic (exact) mass is 740 g/mol. The van der Waals surface area contributed by atoms with Crippen LogP contribution in [0.5, 0.6) is 5.75 Å². The topological polar surface area (TPSA) is 182 Å². The van der Waals surface area contributed by atoms with Crippen molar-refractivity contribution in [3.8, 4) is 16.9 Å². The molecule has 2 aliphatic carbocycles. The van der Waals surface area contributed by atoms with E-state index in [1.165, 1.54) is 4.90 Å². The van der Waals surface area contributed by atoms with E-state index in [-0.39, 0.29) is 32.9 Å². The van der Waals surface area contributed by atoms with E-state index in [0.29, 0.717) is 19.1 Å². The number of thioether (sulfide) groups is 1. The summed E-state index contributed by atoms with van der Waals surface area (Å²) in [7, 11) is 0. The number of benzene rings is 2. The molecule has 1 amide bonds. The third kappa shape index (κ3) is 10.7. The molecule has 12 nitrogen and oxygen atoms in total. The molecule has 3 aromatic rings. The second kappa shape index (κ2) is 19.3. The van der Waals surface area contributed by atoms with Gasteiger partial charge >= 0.3 is 0 Å². The van der Waals surface area contributed by atoms with Gasteiger partial charge in [0.15, 0.2) is 6.10 Å². The van der Waals surface area contributed by atoms with Gasteiger partial charge in [-0.15, -0.1) is 11.8 Å². The first-order valence-corrected chi connectivity index (χ1v) is 19.0. The van der Waals surface area contributed by atoms with E-state index in [0.717, 1.165) is 76.3 Å². The number of para-hydroxylation sites is 1. The van der Waals surface area contributed by atoms with Gasteiger partial charge in [0.2, 0.25) is 0 Å². The maximum absolute atomic E-state index is 13.0. The number of unbranched alkanes of at least 4 members (excludes halogenated alkanes) is 1. The molecule has 2 aliphatic rings. The first-order chi connectivity index (χ1) is 25.2. The van der Waals surface area contributed by atoms with E-state index in [1.807, 2.05) is 30.6 Å². The number of carbonyl (C=O) groups excluding carboxylic acids is 1. The normalized spacial score (nSPS) is 17.3. The Hall–Kier alpha value is -3.11. The molecule has 4 unspecified atom stereocenters. The number of carbonyl (C=O) groups is 1. The van der Waals surface area contributed by atoms with E-state index >= 15 is 0 Å². The first kappa shape index (κ1) is 40.1. The molecule has 0 saturated heterocycles. The summed E-state index contributed by atoms with van der Waals surface area (Å²) in [4.78, 5) is 19.9. The fraction of sp³-hybridized carbons (Fsp3) is 0.538. The van der Waals surface area contributed by atoms with Crippen LogP contribution in [0, 0.1) is 6.92 Å². The first-order valence-electron chi connectivity index (χ1n) is 18.0. The van der Waals surface area contributed by atoms with Crippen molar-refractivity contribution in [3.63, 3.8) is 0 Å². The minimum Gasteiger partial charge on any atom is -0.490 e. The largest absolute Gasteiger partial charge is 0.490 e. The molecule has 0 aliphatic heterocycles. The highest BCUT2D eigenvalue weighted by molar-refractivity contribution is 7.99. The highest BCUT2D eigenvalue weighted by Gasteiger charge is 2.48. The van der Waals surface area contributed by atoms with Gasteiger partial charge in [0.05, 0.1) is 44.7 Å². The number of amides is 1. The van der Waals surface area contributed by atoms with E-state index in [2.05, 4.69) is 42.2 Å². The third-order valence-corrected chi connectivity index (χ3v) is 10.6. The van der Waals surface area contributed by atoms with Crippen LogP contribution in [0.3, 0.4) is 0 Å². The van der Waals surface area contributed by atoms with Crippen molar-refractivity contribution in [2.45, 2.75) is 93.1 Å². The number of aliphatic hydroxyl groups is 6. The average molecular weight is 741 g/mol. The van der Waals surface area contributed by atoms with Gasteiger partial charge in [0, 0.05) is 41.5 Å². The van der Waals surface area contributed by atoms with Gasteiger partial charge in [-0.1, -0.05) is 24.3 Å². The Morgan fingerprint density at radius 3 is 2.50 bits per heavy atom. The molecule has 1 aromatic heterocycles. The van der Waals surface area contributed by atoms with Crippen molar-refractivity contribution in [2.24, 2.45) is 0 Å². The summed E-state index contributed by atoms with van der Waals surface area (Å²) in [6, 6.07) is 16.6. The van der Waals surface area contributed by atoms with Crippen LogP contribution in [0.25, 0.3) is 11.1 Å². The molecular weight excluding hydrogens is 688 g/mol. The lowest BCUT2D eigenvalue weighted by atomic mass is 9.96. The Morgan fingerprint density at radius 1 is 0.981 bits per heavy atom. The average Bonchev–Trinajstić information content (AvgIpc) is 4.12. The second-order valence-electron chi connectivity index (χ2n) is 13.5. The predicted molar refractivity (Wildman–Crippen MR) is 196 cm³/mol. The number of nitrogens with zero attached hydrogens (tertiary/aromatic N) is 2. The van der Waals surface area contributed by atoms with Crippen LogP contribution in [0.2, 0.25) is 0 Å². The third-order valence-electron chi connectivity index (χ3n) is 9.49. The molecule has 6 N–H and O–H groups in total. The molecule has 4 atom stereocenters. The lowest BCUT2D eigenvalue weighted by Gasteiger charge is -2.30. The maximum Gasteiger partial charge on any atom is 0.254 e. The standard InChI is InChI=1S/C39H52N2O10S/c1-26-8-11-29(52-21-5-4-16-41(17-19-49-20-18-42)38(48)37(47)36(46)35(45)33(44)24-43)22-27(26)25-50-39(13-14-39)32-23-40-15-12-30(32)31-6-2-3-7-34(31)51-28-9-10-28/h2-3,6-8,11-12,15,22-23,28,33,35-37,42-47H,4-5,9-10,13-14,16-21,24-25H2,1H3. The van der Waals surface area contributed by atoms with E-state index < -0.39 is 42.5 Å². The fourth-order valence-electron chi connectivity index (χ4n) is 5.99. The molecule has 5 rings (SSSR count). The molecule has 0 bridgehead atoms. The Bertz CT molecular complexity index is 1590. The molecule has 0 radical (unpaired) electrons. The van der Waals surface area contributed by atoms with Crippen molar-refractivity contribution in [1.82, 2.24) is 9.88 Å². The van der Waals surface area contributed by atoms with Gasteiger partial charge in [0.1, 0.15) is 24.1 Å². The summed E-state index contributed by atoms with van der Waals surface area (Å²) in [5, 5.41) is 58.3. The Balaban J connectivity index is 1.15. The van der Waals surface area contributed by atoms with Gasteiger partial charge in [-0.3, -0.25) is 9.78 Å². The Kier molecular flexibility index (Phi) is 14.9. The van der Waals surface area contributed by atoms with Crippen molar-refractivity contribution >= 4 is 17.7 Å². The van der Waals surface area contributed by atoms with Crippen molar-refractivity contribution in [2.75, 3.05) is 45.3 Å². The van der Waals surface area contributed by atoms with E-state index in [9.17, 15) is 25.2 Å². The molecule has 1 heterocycles. The van der Waals surface area contributed by atoms with Crippen LogP contribution in [-0.2, 0) is 26.5 Å². The number of hydrogen-bond donors (Lipinski definition) is 6. The molecule has 0 spiro atoms. The van der Waals surface area contributed by atoms with Gasteiger partial charge in [-0.05, 0) is 92.2 Å². The molecular formula is C39H52N2O10S. The van der Waals surface area contributed by atoms with E-state index in [1.54, 1.807) is 11.8 Å². The summed E-state index contributed by atoms with van der Waals surface area (Å²) in [6.45, 7) is 2.06. The van der Waals surface area contributed by atoms with Gasteiger partial charge in [-0.25, -0.2) is 0 Å². The van der Waals surface area contributed by atoms with Crippen molar-refractivity contribution < 1.29 is 49.6 Å². The minimum absolute atomic E-state index is 0.0879.